The number of ether oxygens (including phenoxy) is 1. The molecule has 0 fully saturated rings. The van der Waals surface area contributed by atoms with E-state index < -0.39 is 12.1 Å². The lowest BCUT2D eigenvalue weighted by Crippen LogP contribution is -2.44. The topological polar surface area (TPSA) is 119 Å². The smallest absolute Gasteiger partial charge is 0.408 e. The number of carbonyl (C=O) groups excluding carboxylic acids is 2. The molecule has 1 unspecified atom stereocenters. The summed E-state index contributed by atoms with van der Waals surface area (Å²) in [5.74, 6) is -0.271. The maximum Gasteiger partial charge on any atom is 0.408 e. The number of alkyl carbamates (subject to hydrolysis) is 1. The van der Waals surface area contributed by atoms with Crippen molar-refractivity contribution in [1.82, 2.24) is 25.5 Å². The molecule has 0 aliphatic heterocycles. The van der Waals surface area contributed by atoms with Crippen molar-refractivity contribution in [3.05, 3.63) is 94.0 Å². The fourth-order valence-electron chi connectivity index (χ4n) is 3.28. The van der Waals surface area contributed by atoms with Crippen molar-refractivity contribution in [3.8, 4) is 5.75 Å². The number of aromatic hydroxyl groups is 1. The highest BCUT2D eigenvalue weighted by Gasteiger charge is 2.24. The van der Waals surface area contributed by atoms with Crippen LogP contribution in [0.15, 0.2) is 82.8 Å². The molecule has 1 heterocycles. The predicted octanol–water partition coefficient (Wildman–Crippen LogP) is 4.94. The molecule has 12 heteroatoms. The third-order valence-electron chi connectivity index (χ3n) is 5.11. The lowest BCUT2D eigenvalue weighted by Gasteiger charge is -2.17. The average molecular weight is 558 g/mol. The van der Waals surface area contributed by atoms with E-state index in [1.165, 1.54) is 12.1 Å². The minimum Gasteiger partial charge on any atom is -0.508 e. The number of ketones is 1. The van der Waals surface area contributed by atoms with Gasteiger partial charge < -0.3 is 15.2 Å². The molecule has 190 valence electrons. The number of tetrazole rings is 1. The van der Waals surface area contributed by atoms with Crippen molar-refractivity contribution in [2.45, 2.75) is 35.7 Å². The number of rotatable bonds is 10. The van der Waals surface area contributed by atoms with E-state index in [2.05, 4.69) is 20.7 Å². The first-order valence-electron chi connectivity index (χ1n) is 11.0. The number of hydrogen-bond acceptors (Lipinski definition) is 8. The summed E-state index contributed by atoms with van der Waals surface area (Å²) >= 11 is 13.5. The number of benzene rings is 3. The summed E-state index contributed by atoms with van der Waals surface area (Å²) in [6.45, 7) is -0.186. The van der Waals surface area contributed by atoms with Crippen molar-refractivity contribution in [1.29, 1.82) is 0 Å². The average Bonchev–Trinajstić information content (AvgIpc) is 3.33. The van der Waals surface area contributed by atoms with Crippen molar-refractivity contribution in [2.24, 2.45) is 0 Å². The Bertz CT molecular complexity index is 1350. The fraction of sp³-hybridized carbons (Fsp3) is 0.160. The van der Waals surface area contributed by atoms with Crippen LogP contribution in [-0.4, -0.2) is 43.2 Å². The summed E-state index contributed by atoms with van der Waals surface area (Å²) in [4.78, 5) is 27.4. The first-order valence-corrected chi connectivity index (χ1v) is 12.6. The number of amides is 1. The number of phenolic OH excluding ortho intramolecular Hbond substituents is 1. The Balaban J connectivity index is 1.43. The third-order valence-corrected chi connectivity index (χ3v) is 6.96. The van der Waals surface area contributed by atoms with E-state index in [-0.39, 0.29) is 36.3 Å². The molecule has 0 spiro atoms. The number of nitrogens with zero attached hydrogens (tertiary/aromatic N) is 4. The zero-order valence-electron chi connectivity index (χ0n) is 19.3. The highest BCUT2D eigenvalue weighted by Crippen LogP contribution is 2.36. The van der Waals surface area contributed by atoms with Gasteiger partial charge in [-0.2, -0.15) is 4.80 Å². The number of carbonyl (C=O) groups is 2. The SMILES string of the molecule is O=C(NC(Cc1ccc(O)cc1)C(=O)Cn1nnc(Sc2c(Cl)cccc2Cl)n1)OCc1ccccc1. The second kappa shape index (κ2) is 12.6. The highest BCUT2D eigenvalue weighted by molar-refractivity contribution is 7.99. The van der Waals surface area contributed by atoms with Gasteiger partial charge in [0.2, 0.25) is 5.16 Å². The van der Waals surface area contributed by atoms with Gasteiger partial charge in [-0.15, -0.1) is 10.2 Å². The number of halogens is 2. The van der Waals surface area contributed by atoms with Gasteiger partial charge in [0.05, 0.1) is 21.0 Å². The lowest BCUT2D eigenvalue weighted by atomic mass is 10.0. The molecule has 4 rings (SSSR count). The van der Waals surface area contributed by atoms with Crippen LogP contribution in [0.1, 0.15) is 11.1 Å². The zero-order chi connectivity index (χ0) is 26.2. The van der Waals surface area contributed by atoms with Crippen LogP contribution >= 0.6 is 35.0 Å². The molecule has 37 heavy (non-hydrogen) atoms. The minimum absolute atomic E-state index is 0.0581. The van der Waals surface area contributed by atoms with Gasteiger partial charge in [-0.05, 0) is 58.8 Å². The molecular weight excluding hydrogens is 537 g/mol. The van der Waals surface area contributed by atoms with E-state index in [0.717, 1.165) is 27.7 Å². The molecule has 0 radical (unpaired) electrons. The van der Waals surface area contributed by atoms with Crippen LogP contribution in [0.4, 0.5) is 4.79 Å². The zero-order valence-corrected chi connectivity index (χ0v) is 21.6. The first-order chi connectivity index (χ1) is 17.9. The van der Waals surface area contributed by atoms with Crippen LogP contribution in [0, 0.1) is 0 Å². The van der Waals surface area contributed by atoms with Gasteiger partial charge in [0, 0.05) is 0 Å². The molecule has 0 aliphatic rings. The second-order valence-corrected chi connectivity index (χ2v) is 9.64. The van der Waals surface area contributed by atoms with Crippen LogP contribution in [0.2, 0.25) is 10.0 Å². The van der Waals surface area contributed by atoms with Gasteiger partial charge >= 0.3 is 6.09 Å². The standard InChI is InChI=1S/C25H21Cl2N5O4S/c26-19-7-4-8-20(27)23(19)37-24-29-31-32(30-24)14-22(34)21(13-16-9-11-18(33)12-10-16)28-25(35)36-15-17-5-2-1-3-6-17/h1-12,21,33H,13-15H2,(H,28,35). The Kier molecular flexibility index (Phi) is 8.99. The quantitative estimate of drug-likeness (QED) is 0.281. The molecular formula is C25H21Cl2N5O4S. The van der Waals surface area contributed by atoms with E-state index >= 15 is 0 Å². The largest absolute Gasteiger partial charge is 0.508 e. The van der Waals surface area contributed by atoms with E-state index in [4.69, 9.17) is 27.9 Å². The molecule has 0 bridgehead atoms. The molecule has 0 aliphatic carbocycles. The van der Waals surface area contributed by atoms with Crippen LogP contribution < -0.4 is 5.32 Å². The van der Waals surface area contributed by atoms with E-state index in [0.29, 0.717) is 14.9 Å². The van der Waals surface area contributed by atoms with Crippen LogP contribution in [-0.2, 0) is 29.1 Å². The van der Waals surface area contributed by atoms with Crippen molar-refractivity contribution in [3.63, 3.8) is 0 Å². The highest BCUT2D eigenvalue weighted by atomic mass is 35.5. The van der Waals surface area contributed by atoms with Crippen LogP contribution in [0.3, 0.4) is 0 Å². The summed E-state index contributed by atoms with van der Waals surface area (Å²) in [7, 11) is 0. The second-order valence-electron chi connectivity index (χ2n) is 7.85. The van der Waals surface area contributed by atoms with Gasteiger partial charge in [0.1, 0.15) is 18.9 Å². The van der Waals surface area contributed by atoms with Crippen molar-refractivity contribution >= 4 is 46.8 Å². The summed E-state index contributed by atoms with van der Waals surface area (Å²) in [5, 5.41) is 25.5. The first kappa shape index (κ1) is 26.5. The lowest BCUT2D eigenvalue weighted by molar-refractivity contribution is -0.122. The minimum atomic E-state index is -0.937. The number of nitrogens with one attached hydrogen (secondary N) is 1. The molecule has 0 saturated heterocycles. The van der Waals surface area contributed by atoms with E-state index in [1.54, 1.807) is 30.3 Å². The predicted molar refractivity (Wildman–Crippen MR) is 139 cm³/mol. The Morgan fingerprint density at radius 3 is 2.38 bits per heavy atom. The summed E-state index contributed by atoms with van der Waals surface area (Å²) in [5.41, 5.74) is 1.55. The number of hydrogen-bond donors (Lipinski definition) is 2. The Morgan fingerprint density at radius 2 is 1.68 bits per heavy atom. The molecule has 3 aromatic carbocycles. The molecule has 1 atom stereocenters. The number of phenols is 1. The Morgan fingerprint density at radius 1 is 0.973 bits per heavy atom. The molecule has 0 saturated carbocycles. The number of aromatic nitrogens is 4. The molecule has 1 amide bonds. The van der Waals surface area contributed by atoms with Crippen LogP contribution in [0.5, 0.6) is 5.75 Å². The summed E-state index contributed by atoms with van der Waals surface area (Å²) in [6, 6.07) is 19.7. The van der Waals surface area contributed by atoms with Gasteiger partial charge in [-0.25, -0.2) is 4.79 Å². The summed E-state index contributed by atoms with van der Waals surface area (Å²) in [6.07, 6.45) is -0.567. The maximum atomic E-state index is 13.2. The van der Waals surface area contributed by atoms with Gasteiger partial charge in [-0.3, -0.25) is 4.79 Å². The van der Waals surface area contributed by atoms with Crippen molar-refractivity contribution in [2.75, 3.05) is 0 Å². The monoisotopic (exact) mass is 557 g/mol. The molecule has 1 aromatic heterocycles. The van der Waals surface area contributed by atoms with Gasteiger partial charge in [0.25, 0.3) is 0 Å². The Labute approximate surface area is 226 Å². The third kappa shape index (κ3) is 7.69. The Hall–Kier alpha value is -3.60. The van der Waals surface area contributed by atoms with Gasteiger partial charge in [0.15, 0.2) is 5.78 Å². The molecule has 2 N–H and O–H groups in total. The van der Waals surface area contributed by atoms with E-state index in [9.17, 15) is 14.7 Å². The fourth-order valence-corrected chi connectivity index (χ4v) is 4.63. The van der Waals surface area contributed by atoms with Gasteiger partial charge in [-0.1, -0.05) is 71.7 Å². The van der Waals surface area contributed by atoms with Crippen molar-refractivity contribution < 1.29 is 19.4 Å². The summed E-state index contributed by atoms with van der Waals surface area (Å²) < 4.78 is 5.29. The van der Waals surface area contributed by atoms with E-state index in [1.807, 2.05) is 30.3 Å². The normalized spacial score (nSPS) is 11.6. The number of Topliss-reactive ketones (excluding diaryl/α,β-unsaturated/α-hetero) is 1. The molecule has 4 aromatic rings. The molecule has 9 nitrogen and oxygen atoms in total. The maximum absolute atomic E-state index is 13.2. The van der Waals surface area contributed by atoms with Crippen LogP contribution in [0.25, 0.3) is 0 Å².